The molecule has 1 N–H and O–H groups in total. The lowest BCUT2D eigenvalue weighted by molar-refractivity contribution is -0.169. The van der Waals surface area contributed by atoms with Gasteiger partial charge in [0, 0.05) is 12.1 Å². The van der Waals surface area contributed by atoms with E-state index in [0.717, 1.165) is 12.1 Å². The smallest absolute Gasteiger partial charge is 0.337 e. The van der Waals surface area contributed by atoms with Gasteiger partial charge in [-0.1, -0.05) is 5.16 Å². The molecule has 1 saturated heterocycles. The van der Waals surface area contributed by atoms with Crippen molar-refractivity contribution in [1.29, 1.82) is 0 Å². The van der Waals surface area contributed by atoms with Crippen LogP contribution in [0.3, 0.4) is 0 Å². The van der Waals surface area contributed by atoms with Crippen molar-refractivity contribution in [3.05, 3.63) is 35.7 Å². The predicted molar refractivity (Wildman–Crippen MR) is 64.6 cm³/mol. The van der Waals surface area contributed by atoms with Crippen LogP contribution in [-0.2, 0) is 0 Å². The molecule has 1 fully saturated rings. The molecule has 0 spiro atoms. The van der Waals surface area contributed by atoms with Crippen molar-refractivity contribution in [2.24, 2.45) is 5.92 Å². The Morgan fingerprint density at radius 1 is 1.18 bits per heavy atom. The van der Waals surface area contributed by atoms with Gasteiger partial charge in [0.25, 0.3) is 0 Å². The largest absolute Gasteiger partial charge is 0.393 e. The summed E-state index contributed by atoms with van der Waals surface area (Å²) in [5, 5.41) is 6.26. The number of aromatic nitrogens is 2. The van der Waals surface area contributed by atoms with Crippen molar-refractivity contribution >= 4 is 0 Å². The van der Waals surface area contributed by atoms with Gasteiger partial charge in [-0.3, -0.25) is 0 Å². The average molecular weight is 319 g/mol. The summed E-state index contributed by atoms with van der Waals surface area (Å²) in [7, 11) is 0. The summed E-state index contributed by atoms with van der Waals surface area (Å²) in [6, 6.07) is 2.35. The molecule has 9 heteroatoms. The third-order valence-electron chi connectivity index (χ3n) is 3.51. The Kier molecular flexibility index (Phi) is 3.59. The third kappa shape index (κ3) is 2.80. The molecule has 1 aliphatic rings. The quantitative estimate of drug-likeness (QED) is 0.864. The fraction of sp³-hybridized carbons (Fsp3) is 0.385. The van der Waals surface area contributed by atoms with Gasteiger partial charge in [0.05, 0.1) is 12.0 Å². The third-order valence-corrected chi connectivity index (χ3v) is 3.51. The van der Waals surface area contributed by atoms with Crippen molar-refractivity contribution in [2.45, 2.75) is 18.6 Å². The number of rotatable bonds is 2. The Morgan fingerprint density at radius 3 is 2.59 bits per heavy atom. The minimum absolute atomic E-state index is 0.00789. The van der Waals surface area contributed by atoms with E-state index in [2.05, 4.69) is 15.5 Å². The van der Waals surface area contributed by atoms with E-state index in [1.807, 2.05) is 0 Å². The molecule has 4 nitrogen and oxygen atoms in total. The van der Waals surface area contributed by atoms with Gasteiger partial charge < -0.3 is 9.84 Å². The topological polar surface area (TPSA) is 51.0 Å². The lowest BCUT2D eigenvalue weighted by atomic mass is 10.1. The molecule has 2 atom stereocenters. The number of hydrogen-bond acceptors (Lipinski definition) is 4. The van der Waals surface area contributed by atoms with Crippen molar-refractivity contribution in [3.63, 3.8) is 0 Å². The Bertz CT molecular complexity index is 685. The van der Waals surface area contributed by atoms with Crippen LogP contribution in [0, 0.1) is 17.6 Å². The first-order valence-electron chi connectivity index (χ1n) is 6.43. The maximum atomic E-state index is 13.2. The van der Waals surface area contributed by atoms with E-state index in [1.165, 1.54) is 6.07 Å². The maximum Gasteiger partial charge on any atom is 0.393 e. The summed E-state index contributed by atoms with van der Waals surface area (Å²) in [6.07, 6.45) is -4.49. The monoisotopic (exact) mass is 319 g/mol. The van der Waals surface area contributed by atoms with Gasteiger partial charge in [-0.25, -0.2) is 8.78 Å². The highest BCUT2D eigenvalue weighted by molar-refractivity contribution is 5.54. The zero-order valence-corrected chi connectivity index (χ0v) is 11.0. The van der Waals surface area contributed by atoms with Crippen LogP contribution in [0.25, 0.3) is 11.4 Å². The number of nitrogens with zero attached hydrogens (tertiary/aromatic N) is 2. The Morgan fingerprint density at radius 2 is 1.95 bits per heavy atom. The van der Waals surface area contributed by atoms with Gasteiger partial charge in [-0.15, -0.1) is 0 Å². The van der Waals surface area contributed by atoms with E-state index in [-0.39, 0.29) is 30.2 Å². The summed E-state index contributed by atoms with van der Waals surface area (Å²) in [5.41, 5.74) is 0.180. The molecule has 0 aliphatic carbocycles. The summed E-state index contributed by atoms with van der Waals surface area (Å²) >= 11 is 0. The highest BCUT2D eigenvalue weighted by atomic mass is 19.4. The molecule has 0 amide bonds. The zero-order chi connectivity index (χ0) is 15.9. The van der Waals surface area contributed by atoms with Crippen LogP contribution in [0.5, 0.6) is 0 Å². The summed E-state index contributed by atoms with van der Waals surface area (Å²) in [5.74, 6) is -3.58. The molecular weight excluding hydrogens is 309 g/mol. The van der Waals surface area contributed by atoms with Crippen molar-refractivity contribution in [2.75, 3.05) is 6.54 Å². The minimum Gasteiger partial charge on any atom is -0.337 e. The van der Waals surface area contributed by atoms with E-state index in [4.69, 9.17) is 4.52 Å². The molecule has 118 valence electrons. The molecule has 2 heterocycles. The number of alkyl halides is 3. The summed E-state index contributed by atoms with van der Waals surface area (Å²) < 4.78 is 68.8. The molecule has 0 radical (unpaired) electrons. The van der Waals surface area contributed by atoms with Crippen LogP contribution in [-0.4, -0.2) is 22.9 Å². The van der Waals surface area contributed by atoms with Crippen LogP contribution in [0.15, 0.2) is 22.7 Å². The molecule has 0 bridgehead atoms. The molecule has 2 unspecified atom stereocenters. The lowest BCUT2D eigenvalue weighted by Gasteiger charge is -2.12. The van der Waals surface area contributed by atoms with E-state index in [9.17, 15) is 22.0 Å². The minimum atomic E-state index is -4.29. The molecular formula is C13H10F5N3O. The molecule has 1 aromatic heterocycles. The van der Waals surface area contributed by atoms with E-state index >= 15 is 0 Å². The second-order valence-corrected chi connectivity index (χ2v) is 5.02. The second kappa shape index (κ2) is 5.31. The van der Waals surface area contributed by atoms with Crippen LogP contribution in [0.2, 0.25) is 0 Å². The lowest BCUT2D eigenvalue weighted by Crippen LogP contribution is -2.24. The Hall–Kier alpha value is -2.03. The van der Waals surface area contributed by atoms with Gasteiger partial charge in [-0.05, 0) is 24.6 Å². The molecule has 0 saturated carbocycles. The van der Waals surface area contributed by atoms with Crippen LogP contribution < -0.4 is 5.32 Å². The number of benzene rings is 1. The van der Waals surface area contributed by atoms with Gasteiger partial charge in [0.1, 0.15) is 0 Å². The number of nitrogens with one attached hydrogen (secondary N) is 1. The second-order valence-electron chi connectivity index (χ2n) is 5.02. The molecule has 22 heavy (non-hydrogen) atoms. The van der Waals surface area contributed by atoms with Gasteiger partial charge in [0.2, 0.25) is 11.7 Å². The van der Waals surface area contributed by atoms with Gasteiger partial charge >= 0.3 is 6.18 Å². The molecule has 1 aromatic carbocycles. The average Bonchev–Trinajstić information content (AvgIpc) is 3.08. The highest BCUT2D eigenvalue weighted by Gasteiger charge is 2.45. The van der Waals surface area contributed by atoms with E-state index < -0.39 is 29.8 Å². The highest BCUT2D eigenvalue weighted by Crippen LogP contribution is 2.37. The Balaban J connectivity index is 1.78. The van der Waals surface area contributed by atoms with E-state index in [0.29, 0.717) is 0 Å². The van der Waals surface area contributed by atoms with E-state index in [1.54, 1.807) is 0 Å². The van der Waals surface area contributed by atoms with Crippen molar-refractivity contribution < 1.29 is 26.5 Å². The first kappa shape index (κ1) is 14.9. The van der Waals surface area contributed by atoms with Crippen LogP contribution in [0.1, 0.15) is 18.4 Å². The fourth-order valence-electron chi connectivity index (χ4n) is 2.30. The van der Waals surface area contributed by atoms with Crippen molar-refractivity contribution in [1.82, 2.24) is 15.5 Å². The first-order valence-corrected chi connectivity index (χ1v) is 6.43. The summed E-state index contributed by atoms with van der Waals surface area (Å²) in [4.78, 5) is 3.95. The normalized spacial score (nSPS) is 22.2. The Labute approximate surface area is 121 Å². The molecule has 2 aromatic rings. The predicted octanol–water partition coefficient (Wildman–Crippen LogP) is 3.23. The maximum absolute atomic E-state index is 13.2. The molecule has 3 rings (SSSR count). The van der Waals surface area contributed by atoms with Crippen molar-refractivity contribution in [3.8, 4) is 11.4 Å². The first-order chi connectivity index (χ1) is 10.3. The van der Waals surface area contributed by atoms with Gasteiger partial charge in [-0.2, -0.15) is 18.2 Å². The zero-order valence-electron chi connectivity index (χ0n) is 11.0. The SMILES string of the molecule is Fc1ccc(-c2noc(C3CC(C(F)(F)F)CN3)n2)cc1F. The number of halogens is 5. The van der Waals surface area contributed by atoms with Gasteiger partial charge in [0.15, 0.2) is 11.6 Å². The summed E-state index contributed by atoms with van der Waals surface area (Å²) in [6.45, 7) is -0.225. The molecule has 1 aliphatic heterocycles. The fourth-order valence-corrected chi connectivity index (χ4v) is 2.30. The number of hydrogen-bond donors (Lipinski definition) is 1. The van der Waals surface area contributed by atoms with Crippen LogP contribution in [0.4, 0.5) is 22.0 Å². The van der Waals surface area contributed by atoms with Crippen LogP contribution >= 0.6 is 0 Å². The standard InChI is InChI=1S/C13H10F5N3O/c14-8-2-1-6(3-9(8)15)11-20-12(22-21-11)10-4-7(5-19-10)13(16,17)18/h1-3,7,10,19H,4-5H2.